The smallest absolute Gasteiger partial charge is 0.130 e. The van der Waals surface area contributed by atoms with E-state index in [2.05, 4.69) is 11.8 Å². The second-order valence-electron chi connectivity index (χ2n) is 6.60. The van der Waals surface area contributed by atoms with Crippen molar-refractivity contribution in [2.75, 3.05) is 13.1 Å². The lowest BCUT2D eigenvalue weighted by molar-refractivity contribution is 0.281. The van der Waals surface area contributed by atoms with Gasteiger partial charge < -0.3 is 9.64 Å². The normalized spacial score (nSPS) is 15.2. The summed E-state index contributed by atoms with van der Waals surface area (Å²) in [5, 5.41) is 1.80. The van der Waals surface area contributed by atoms with Gasteiger partial charge in [0.25, 0.3) is 0 Å². The zero-order valence-corrected chi connectivity index (χ0v) is 17.6. The highest BCUT2D eigenvalue weighted by Gasteiger charge is 2.21. The Morgan fingerprint density at radius 3 is 2.42 bits per heavy atom. The van der Waals surface area contributed by atoms with Gasteiger partial charge in [-0.1, -0.05) is 60.0 Å². The number of likely N-dealkylation sites (tertiary alicyclic amines) is 1. The summed E-state index contributed by atoms with van der Waals surface area (Å²) >= 11 is 24.4. The molecule has 1 aliphatic rings. The van der Waals surface area contributed by atoms with Gasteiger partial charge in [0, 0.05) is 33.7 Å². The summed E-state index contributed by atoms with van der Waals surface area (Å²) in [5.41, 5.74) is 1.60. The first kappa shape index (κ1) is 19.8. The Labute approximate surface area is 175 Å². The van der Waals surface area contributed by atoms with Crippen LogP contribution in [-0.2, 0) is 6.61 Å². The average molecular weight is 429 g/mol. The Kier molecular flexibility index (Phi) is 6.68. The minimum absolute atomic E-state index is 0.271. The van der Waals surface area contributed by atoms with Crippen LogP contribution in [-0.4, -0.2) is 23.0 Å². The molecule has 1 aliphatic heterocycles. The number of hydrogen-bond acceptors (Lipinski definition) is 2. The Bertz CT molecular complexity index is 783. The Morgan fingerprint density at radius 2 is 1.77 bits per heavy atom. The van der Waals surface area contributed by atoms with Crippen LogP contribution in [0.4, 0.5) is 0 Å². The van der Waals surface area contributed by atoms with E-state index in [4.69, 9.17) is 51.8 Å². The largest absolute Gasteiger partial charge is 0.488 e. The van der Waals surface area contributed by atoms with Crippen molar-refractivity contribution in [1.29, 1.82) is 0 Å². The summed E-state index contributed by atoms with van der Waals surface area (Å²) < 4.78 is 6.03. The number of piperidine rings is 1. The van der Waals surface area contributed by atoms with Gasteiger partial charge in [-0.3, -0.25) is 0 Å². The van der Waals surface area contributed by atoms with Crippen LogP contribution in [0.15, 0.2) is 36.4 Å². The number of ether oxygens (including phenoxy) is 1. The molecule has 1 heterocycles. The lowest BCUT2D eigenvalue weighted by Gasteiger charge is -2.33. The quantitative estimate of drug-likeness (QED) is 0.507. The molecule has 6 heteroatoms. The molecule has 0 N–H and O–H groups in total. The predicted octanol–water partition coefficient (Wildman–Crippen LogP) is 6.63. The van der Waals surface area contributed by atoms with E-state index in [1.807, 2.05) is 18.2 Å². The average Bonchev–Trinajstić information content (AvgIpc) is 2.62. The van der Waals surface area contributed by atoms with Gasteiger partial charge in [-0.25, -0.2) is 0 Å². The first-order chi connectivity index (χ1) is 12.5. The molecule has 0 saturated carbocycles. The van der Waals surface area contributed by atoms with E-state index in [9.17, 15) is 0 Å². The van der Waals surface area contributed by atoms with Gasteiger partial charge in [0.05, 0.1) is 5.56 Å². The van der Waals surface area contributed by atoms with Crippen LogP contribution in [0.1, 0.15) is 30.9 Å². The lowest BCUT2D eigenvalue weighted by atomic mass is 9.99. The Morgan fingerprint density at radius 1 is 1.12 bits per heavy atom. The van der Waals surface area contributed by atoms with Crippen molar-refractivity contribution in [3.05, 3.63) is 62.6 Å². The third-order valence-corrected chi connectivity index (χ3v) is 6.10. The summed E-state index contributed by atoms with van der Waals surface area (Å²) in [6.07, 6.45) is 2.29. The van der Waals surface area contributed by atoms with Crippen molar-refractivity contribution in [3.63, 3.8) is 0 Å². The van der Waals surface area contributed by atoms with Gasteiger partial charge in [-0.2, -0.15) is 0 Å². The molecule has 0 radical (unpaired) electrons. The molecule has 0 bridgehead atoms. The number of thiocarbonyl (C=S) groups is 1. The molecule has 1 fully saturated rings. The molecule has 0 aliphatic carbocycles. The molecule has 0 unspecified atom stereocenters. The number of nitrogens with zero attached hydrogens (tertiary/aromatic N) is 1. The highest BCUT2D eigenvalue weighted by molar-refractivity contribution is 7.80. The van der Waals surface area contributed by atoms with E-state index in [1.54, 1.807) is 18.2 Å². The minimum Gasteiger partial charge on any atom is -0.488 e. The fourth-order valence-electron chi connectivity index (χ4n) is 3.00. The molecule has 2 aromatic rings. The van der Waals surface area contributed by atoms with E-state index < -0.39 is 0 Å². The maximum Gasteiger partial charge on any atom is 0.130 e. The number of halogens is 3. The molecule has 0 aromatic heterocycles. The van der Waals surface area contributed by atoms with Gasteiger partial charge in [0.15, 0.2) is 0 Å². The number of benzene rings is 2. The molecule has 138 valence electrons. The third-order valence-electron chi connectivity index (χ3n) is 4.68. The first-order valence-corrected chi connectivity index (χ1v) is 10.1. The summed E-state index contributed by atoms with van der Waals surface area (Å²) in [7, 11) is 0. The van der Waals surface area contributed by atoms with Crippen LogP contribution in [0.2, 0.25) is 15.1 Å². The Balaban J connectivity index is 1.81. The van der Waals surface area contributed by atoms with Crippen LogP contribution >= 0.6 is 47.0 Å². The van der Waals surface area contributed by atoms with Crippen LogP contribution in [0.25, 0.3) is 0 Å². The molecule has 0 atom stereocenters. The topological polar surface area (TPSA) is 12.5 Å². The highest BCUT2D eigenvalue weighted by atomic mass is 35.5. The van der Waals surface area contributed by atoms with Crippen molar-refractivity contribution in [2.45, 2.75) is 26.4 Å². The van der Waals surface area contributed by atoms with Crippen LogP contribution in [0, 0.1) is 5.92 Å². The SMILES string of the molecule is CC1CCN(C(=S)c2cc(Cl)ccc2OCc2c(Cl)cccc2Cl)CC1. The molecule has 2 aromatic carbocycles. The zero-order chi connectivity index (χ0) is 18.7. The molecule has 3 rings (SSSR count). The van der Waals surface area contributed by atoms with Gasteiger partial charge in [0.2, 0.25) is 0 Å². The summed E-state index contributed by atoms with van der Waals surface area (Å²) in [5.74, 6) is 1.43. The molecular formula is C20H20Cl3NOS. The Hall–Kier alpha value is -1.00. The molecule has 0 spiro atoms. The van der Waals surface area contributed by atoms with E-state index in [1.165, 1.54) is 0 Å². The van der Waals surface area contributed by atoms with E-state index in [0.29, 0.717) is 20.8 Å². The monoisotopic (exact) mass is 427 g/mol. The molecular weight excluding hydrogens is 409 g/mol. The summed E-state index contributed by atoms with van der Waals surface area (Å²) in [6.45, 7) is 4.47. The molecule has 0 amide bonds. The van der Waals surface area contributed by atoms with Crippen LogP contribution < -0.4 is 4.74 Å². The first-order valence-electron chi connectivity index (χ1n) is 8.60. The predicted molar refractivity (Wildman–Crippen MR) is 114 cm³/mol. The van der Waals surface area contributed by atoms with Gasteiger partial charge in [-0.05, 0) is 49.1 Å². The van der Waals surface area contributed by atoms with Crippen molar-refractivity contribution >= 4 is 52.0 Å². The maximum absolute atomic E-state index is 6.24. The van der Waals surface area contributed by atoms with E-state index in [-0.39, 0.29) is 6.61 Å². The summed E-state index contributed by atoms with van der Waals surface area (Å²) in [4.78, 5) is 3.01. The molecule has 2 nitrogen and oxygen atoms in total. The van der Waals surface area contributed by atoms with Gasteiger partial charge in [-0.15, -0.1) is 0 Å². The minimum atomic E-state index is 0.271. The van der Waals surface area contributed by atoms with Crippen molar-refractivity contribution in [1.82, 2.24) is 4.90 Å². The van der Waals surface area contributed by atoms with Crippen molar-refractivity contribution < 1.29 is 4.74 Å². The third kappa shape index (κ3) is 4.64. The fourth-order valence-corrected chi connectivity index (χ4v) is 4.02. The van der Waals surface area contributed by atoms with Crippen molar-refractivity contribution in [2.24, 2.45) is 5.92 Å². The maximum atomic E-state index is 6.24. The van der Waals surface area contributed by atoms with E-state index >= 15 is 0 Å². The second kappa shape index (κ2) is 8.79. The number of hydrogen-bond donors (Lipinski definition) is 0. The molecule has 1 saturated heterocycles. The summed E-state index contributed by atoms with van der Waals surface area (Å²) in [6, 6.07) is 10.9. The highest BCUT2D eigenvalue weighted by Crippen LogP contribution is 2.30. The van der Waals surface area contributed by atoms with Gasteiger partial charge in [0.1, 0.15) is 17.3 Å². The molecule has 26 heavy (non-hydrogen) atoms. The standard InChI is InChI=1S/C20H20Cl3NOS/c1-13-7-9-24(10-8-13)20(26)15-11-14(21)5-6-19(15)25-12-16-17(22)3-2-4-18(16)23/h2-6,11,13H,7-10,12H2,1H3. The zero-order valence-electron chi connectivity index (χ0n) is 14.5. The van der Waals surface area contributed by atoms with Gasteiger partial charge >= 0.3 is 0 Å². The second-order valence-corrected chi connectivity index (χ2v) is 8.24. The van der Waals surface area contributed by atoms with Crippen LogP contribution in [0.5, 0.6) is 5.75 Å². The number of rotatable bonds is 4. The van der Waals surface area contributed by atoms with Crippen molar-refractivity contribution in [3.8, 4) is 5.75 Å². The fraction of sp³-hybridized carbons (Fsp3) is 0.350. The van der Waals surface area contributed by atoms with Crippen LogP contribution in [0.3, 0.4) is 0 Å². The lowest BCUT2D eigenvalue weighted by Crippen LogP contribution is -2.37. The van der Waals surface area contributed by atoms with E-state index in [0.717, 1.165) is 48.0 Å².